The van der Waals surface area contributed by atoms with E-state index in [4.69, 9.17) is 9.47 Å². The number of carbonyl (C=O) groups is 1. The zero-order valence-electron chi connectivity index (χ0n) is 12.1. The predicted octanol–water partition coefficient (Wildman–Crippen LogP) is 2.08. The van der Waals surface area contributed by atoms with Crippen LogP contribution in [0.1, 0.15) is 6.92 Å². The van der Waals surface area contributed by atoms with Gasteiger partial charge in [-0.05, 0) is 42.0 Å². The first kappa shape index (κ1) is 15.1. The molecule has 0 aliphatic heterocycles. The van der Waals surface area contributed by atoms with E-state index < -0.39 is 6.10 Å². The van der Waals surface area contributed by atoms with Crippen molar-refractivity contribution in [3.63, 3.8) is 0 Å². The molecule has 2 aromatic carbocycles. The van der Waals surface area contributed by atoms with Crippen molar-refractivity contribution in [3.05, 3.63) is 36.4 Å². The normalized spacial score (nSPS) is 12.1. The minimum Gasteiger partial charge on any atom is -0.508 e. The molecule has 0 aliphatic carbocycles. The van der Waals surface area contributed by atoms with Crippen LogP contribution in [0.2, 0.25) is 0 Å². The third-order valence-electron chi connectivity index (χ3n) is 3.08. The van der Waals surface area contributed by atoms with E-state index in [0.29, 0.717) is 18.9 Å². The molecule has 1 amide bonds. The first-order valence-electron chi connectivity index (χ1n) is 6.76. The smallest absolute Gasteiger partial charge is 0.260 e. The second-order valence-corrected chi connectivity index (χ2v) is 4.74. The van der Waals surface area contributed by atoms with E-state index in [1.165, 1.54) is 0 Å². The minimum atomic E-state index is -0.600. The fourth-order valence-electron chi connectivity index (χ4n) is 1.96. The molecule has 0 aliphatic rings. The van der Waals surface area contributed by atoms with Gasteiger partial charge in [-0.1, -0.05) is 12.1 Å². The number of ether oxygens (including phenoxy) is 2. The van der Waals surface area contributed by atoms with E-state index in [-0.39, 0.29) is 11.7 Å². The van der Waals surface area contributed by atoms with Crippen LogP contribution in [0.3, 0.4) is 0 Å². The molecule has 2 aromatic rings. The average Bonchev–Trinajstić information content (AvgIpc) is 2.46. The zero-order valence-corrected chi connectivity index (χ0v) is 12.1. The number of phenolic OH excluding ortho intramolecular Hbond substituents is 1. The Hall–Kier alpha value is -2.27. The van der Waals surface area contributed by atoms with E-state index in [1.54, 1.807) is 38.3 Å². The molecule has 0 fully saturated rings. The molecule has 0 saturated heterocycles. The van der Waals surface area contributed by atoms with Crippen molar-refractivity contribution >= 4 is 16.7 Å². The van der Waals surface area contributed by atoms with Crippen molar-refractivity contribution in [1.29, 1.82) is 0 Å². The molecule has 0 aromatic heterocycles. The number of amides is 1. The van der Waals surface area contributed by atoms with Gasteiger partial charge in [0.05, 0.1) is 6.61 Å². The lowest BCUT2D eigenvalue weighted by atomic mass is 10.1. The summed E-state index contributed by atoms with van der Waals surface area (Å²) in [4.78, 5) is 11.8. The molecule has 5 heteroatoms. The van der Waals surface area contributed by atoms with Crippen LogP contribution in [0.25, 0.3) is 10.8 Å². The van der Waals surface area contributed by atoms with Gasteiger partial charge >= 0.3 is 0 Å². The summed E-state index contributed by atoms with van der Waals surface area (Å²) in [7, 11) is 1.58. The van der Waals surface area contributed by atoms with Gasteiger partial charge in [-0.2, -0.15) is 0 Å². The van der Waals surface area contributed by atoms with E-state index in [2.05, 4.69) is 5.32 Å². The molecule has 1 unspecified atom stereocenters. The van der Waals surface area contributed by atoms with Crippen molar-refractivity contribution in [3.8, 4) is 11.5 Å². The highest BCUT2D eigenvalue weighted by atomic mass is 16.5. The maximum Gasteiger partial charge on any atom is 0.260 e. The number of hydrogen-bond acceptors (Lipinski definition) is 4. The Morgan fingerprint density at radius 1 is 1.24 bits per heavy atom. The summed E-state index contributed by atoms with van der Waals surface area (Å²) < 4.78 is 10.5. The molecule has 5 nitrogen and oxygen atoms in total. The molecule has 0 saturated carbocycles. The van der Waals surface area contributed by atoms with Crippen LogP contribution < -0.4 is 10.1 Å². The Kier molecular flexibility index (Phi) is 5.00. The lowest BCUT2D eigenvalue weighted by Crippen LogP contribution is -2.37. The standard InChI is InChI=1S/C16H19NO4/c1-11(16(19)17-7-8-20-2)21-15-6-4-12-3-5-14(18)9-13(12)10-15/h3-6,9-11,18H,7-8H2,1-2H3,(H,17,19). The lowest BCUT2D eigenvalue weighted by molar-refractivity contribution is -0.127. The SMILES string of the molecule is COCCNC(=O)C(C)Oc1ccc2ccc(O)cc2c1. The first-order chi connectivity index (χ1) is 10.1. The summed E-state index contributed by atoms with van der Waals surface area (Å²) in [6, 6.07) is 10.6. The highest BCUT2D eigenvalue weighted by Crippen LogP contribution is 2.24. The van der Waals surface area contributed by atoms with Crippen molar-refractivity contribution in [2.45, 2.75) is 13.0 Å². The molecule has 1 atom stereocenters. The van der Waals surface area contributed by atoms with Gasteiger partial charge in [0.15, 0.2) is 6.10 Å². The fraction of sp³-hybridized carbons (Fsp3) is 0.312. The van der Waals surface area contributed by atoms with Gasteiger partial charge in [0.25, 0.3) is 5.91 Å². The second kappa shape index (κ2) is 6.95. The largest absolute Gasteiger partial charge is 0.508 e. The van der Waals surface area contributed by atoms with Crippen LogP contribution in [-0.4, -0.2) is 37.4 Å². The molecule has 0 radical (unpaired) electrons. The molecule has 2 rings (SSSR count). The molecule has 21 heavy (non-hydrogen) atoms. The van der Waals surface area contributed by atoms with Gasteiger partial charge in [0.2, 0.25) is 0 Å². The molecule has 0 bridgehead atoms. The molecule has 0 heterocycles. The van der Waals surface area contributed by atoms with E-state index in [9.17, 15) is 9.90 Å². The highest BCUT2D eigenvalue weighted by molar-refractivity contribution is 5.85. The maximum absolute atomic E-state index is 11.8. The maximum atomic E-state index is 11.8. The number of nitrogens with one attached hydrogen (secondary N) is 1. The first-order valence-corrected chi connectivity index (χ1v) is 6.76. The Bertz CT molecular complexity index is 627. The lowest BCUT2D eigenvalue weighted by Gasteiger charge is -2.15. The monoisotopic (exact) mass is 289 g/mol. The molecular formula is C16H19NO4. The Labute approximate surface area is 123 Å². The topological polar surface area (TPSA) is 67.8 Å². The number of hydrogen-bond donors (Lipinski definition) is 2. The van der Waals surface area contributed by atoms with Gasteiger partial charge < -0.3 is 19.9 Å². The molecule has 2 N–H and O–H groups in total. The second-order valence-electron chi connectivity index (χ2n) is 4.74. The number of aromatic hydroxyl groups is 1. The van der Waals surface area contributed by atoms with Crippen molar-refractivity contribution in [2.24, 2.45) is 0 Å². The van der Waals surface area contributed by atoms with Crippen LogP contribution >= 0.6 is 0 Å². The summed E-state index contributed by atoms with van der Waals surface area (Å²) in [5, 5.41) is 14.1. The van der Waals surface area contributed by atoms with E-state index in [0.717, 1.165) is 10.8 Å². The van der Waals surface area contributed by atoms with E-state index >= 15 is 0 Å². The minimum absolute atomic E-state index is 0.192. The number of rotatable bonds is 6. The van der Waals surface area contributed by atoms with Gasteiger partial charge in [-0.25, -0.2) is 0 Å². The number of phenols is 1. The third kappa shape index (κ3) is 4.10. The van der Waals surface area contributed by atoms with Crippen LogP contribution in [0, 0.1) is 0 Å². The third-order valence-corrected chi connectivity index (χ3v) is 3.08. The summed E-state index contributed by atoms with van der Waals surface area (Å²) >= 11 is 0. The van der Waals surface area contributed by atoms with Crippen molar-refractivity contribution in [2.75, 3.05) is 20.3 Å². The predicted molar refractivity (Wildman–Crippen MR) is 80.6 cm³/mol. The Morgan fingerprint density at radius 3 is 2.76 bits per heavy atom. The summed E-state index contributed by atoms with van der Waals surface area (Å²) in [6.07, 6.45) is -0.600. The van der Waals surface area contributed by atoms with Gasteiger partial charge in [-0.15, -0.1) is 0 Å². The van der Waals surface area contributed by atoms with Crippen LogP contribution in [-0.2, 0) is 9.53 Å². The molecule has 112 valence electrons. The molecular weight excluding hydrogens is 270 g/mol. The van der Waals surface area contributed by atoms with Crippen molar-refractivity contribution < 1.29 is 19.4 Å². The fourth-order valence-corrected chi connectivity index (χ4v) is 1.96. The van der Waals surface area contributed by atoms with Crippen LogP contribution in [0.15, 0.2) is 36.4 Å². The number of carbonyl (C=O) groups excluding carboxylic acids is 1. The summed E-state index contributed by atoms with van der Waals surface area (Å²) in [6.45, 7) is 2.61. The van der Waals surface area contributed by atoms with E-state index in [1.807, 2.05) is 12.1 Å². The molecule has 0 spiro atoms. The van der Waals surface area contributed by atoms with Crippen molar-refractivity contribution in [1.82, 2.24) is 5.32 Å². The van der Waals surface area contributed by atoms with Gasteiger partial charge in [-0.3, -0.25) is 4.79 Å². The summed E-state index contributed by atoms with van der Waals surface area (Å²) in [5.41, 5.74) is 0. The zero-order chi connectivity index (χ0) is 15.2. The average molecular weight is 289 g/mol. The Balaban J connectivity index is 2.03. The number of methoxy groups -OCH3 is 1. The van der Waals surface area contributed by atoms with Crippen LogP contribution in [0.4, 0.5) is 0 Å². The quantitative estimate of drug-likeness (QED) is 0.799. The highest BCUT2D eigenvalue weighted by Gasteiger charge is 2.14. The summed E-state index contributed by atoms with van der Waals surface area (Å²) in [5.74, 6) is 0.593. The van der Waals surface area contributed by atoms with Crippen LogP contribution in [0.5, 0.6) is 11.5 Å². The van der Waals surface area contributed by atoms with Gasteiger partial charge in [0.1, 0.15) is 11.5 Å². The number of benzene rings is 2. The Morgan fingerprint density at radius 2 is 2.00 bits per heavy atom. The van der Waals surface area contributed by atoms with Gasteiger partial charge in [0, 0.05) is 13.7 Å². The number of fused-ring (bicyclic) bond motifs is 1.